The average molecular weight is 429 g/mol. The number of rotatable bonds is 6. The van der Waals surface area contributed by atoms with E-state index >= 15 is 0 Å². The van der Waals surface area contributed by atoms with Gasteiger partial charge in [-0.1, -0.05) is 41.4 Å². The number of ketones is 1. The van der Waals surface area contributed by atoms with Gasteiger partial charge in [-0.2, -0.15) is 0 Å². The highest BCUT2D eigenvalue weighted by atomic mass is 35.5. The summed E-state index contributed by atoms with van der Waals surface area (Å²) in [7, 11) is 1.97. The molecule has 0 aliphatic carbocycles. The molecule has 3 nitrogen and oxygen atoms in total. The summed E-state index contributed by atoms with van der Waals surface area (Å²) >= 11 is 12.4. The first-order valence-electron chi connectivity index (χ1n) is 10.2. The topological polar surface area (TPSA) is 25.2 Å². The fourth-order valence-electron chi connectivity index (χ4n) is 4.36. The predicted molar refractivity (Wildman–Crippen MR) is 121 cm³/mol. The predicted octanol–water partition coefficient (Wildman–Crippen LogP) is 6.36. The first-order valence-corrected chi connectivity index (χ1v) is 11.0. The SMILES string of the molecule is Cn1cc(C(=O)CCC2CCN(Cc3ccccc3Cl)CC2)c2cc(Cl)ccc21. The Morgan fingerprint density at radius 2 is 1.86 bits per heavy atom. The van der Waals surface area contributed by atoms with Crippen molar-refractivity contribution < 1.29 is 4.79 Å². The number of fused-ring (bicyclic) bond motifs is 1. The molecule has 0 amide bonds. The molecule has 0 unspecified atom stereocenters. The molecule has 1 aliphatic rings. The van der Waals surface area contributed by atoms with Crippen molar-refractivity contribution in [2.24, 2.45) is 13.0 Å². The highest BCUT2D eigenvalue weighted by molar-refractivity contribution is 6.31. The van der Waals surface area contributed by atoms with Gasteiger partial charge < -0.3 is 4.57 Å². The minimum absolute atomic E-state index is 0.219. The third-order valence-electron chi connectivity index (χ3n) is 6.09. The molecule has 152 valence electrons. The Bertz CT molecular complexity index is 1020. The van der Waals surface area contributed by atoms with Gasteiger partial charge in [-0.05, 0) is 68.1 Å². The van der Waals surface area contributed by atoms with E-state index in [1.54, 1.807) is 0 Å². The maximum absolute atomic E-state index is 12.9. The van der Waals surface area contributed by atoms with E-state index in [0.717, 1.165) is 60.4 Å². The van der Waals surface area contributed by atoms with E-state index in [1.807, 2.05) is 54.2 Å². The van der Waals surface area contributed by atoms with E-state index in [4.69, 9.17) is 23.2 Å². The number of aromatic nitrogens is 1. The first-order chi connectivity index (χ1) is 14.0. The molecular formula is C24H26Cl2N2O. The average Bonchev–Trinajstić information content (AvgIpc) is 3.05. The van der Waals surface area contributed by atoms with Crippen LogP contribution in [-0.2, 0) is 13.6 Å². The van der Waals surface area contributed by atoms with Crippen LogP contribution in [0.4, 0.5) is 0 Å². The summed E-state index contributed by atoms with van der Waals surface area (Å²) in [6, 6.07) is 13.8. The molecular weight excluding hydrogens is 403 g/mol. The summed E-state index contributed by atoms with van der Waals surface area (Å²) in [6.07, 6.45) is 5.77. The van der Waals surface area contributed by atoms with Crippen molar-refractivity contribution in [1.82, 2.24) is 9.47 Å². The van der Waals surface area contributed by atoms with E-state index in [1.165, 1.54) is 5.56 Å². The number of carbonyl (C=O) groups excluding carboxylic acids is 1. The number of hydrogen-bond donors (Lipinski definition) is 0. The number of Topliss-reactive ketones (excluding diaryl/α,β-unsaturated/α-hetero) is 1. The van der Waals surface area contributed by atoms with Crippen LogP contribution in [0.2, 0.25) is 10.0 Å². The standard InChI is InChI=1S/C24H26Cl2N2O/c1-27-16-21(20-14-19(25)7-8-23(20)27)24(29)9-6-17-10-12-28(13-11-17)15-18-4-2-3-5-22(18)26/h2-5,7-8,14,16-17H,6,9-13,15H2,1H3. The van der Waals surface area contributed by atoms with Crippen LogP contribution in [0.3, 0.4) is 0 Å². The lowest BCUT2D eigenvalue weighted by Crippen LogP contribution is -2.33. The number of nitrogens with zero attached hydrogens (tertiary/aromatic N) is 2. The van der Waals surface area contributed by atoms with E-state index < -0.39 is 0 Å². The largest absolute Gasteiger partial charge is 0.350 e. The van der Waals surface area contributed by atoms with Crippen LogP contribution in [0.15, 0.2) is 48.7 Å². The quantitative estimate of drug-likeness (QED) is 0.426. The van der Waals surface area contributed by atoms with Gasteiger partial charge in [0.2, 0.25) is 0 Å². The second kappa shape index (κ2) is 8.91. The van der Waals surface area contributed by atoms with Gasteiger partial charge >= 0.3 is 0 Å². The Morgan fingerprint density at radius 3 is 2.62 bits per heavy atom. The number of likely N-dealkylation sites (tertiary alicyclic amines) is 1. The van der Waals surface area contributed by atoms with Crippen molar-refractivity contribution in [2.45, 2.75) is 32.2 Å². The second-order valence-electron chi connectivity index (χ2n) is 8.09. The minimum atomic E-state index is 0.219. The van der Waals surface area contributed by atoms with Gasteiger partial charge in [0.15, 0.2) is 5.78 Å². The van der Waals surface area contributed by atoms with Gasteiger partial charge in [0.1, 0.15) is 0 Å². The Morgan fingerprint density at radius 1 is 1.10 bits per heavy atom. The van der Waals surface area contributed by atoms with Gasteiger partial charge in [0.05, 0.1) is 0 Å². The van der Waals surface area contributed by atoms with Crippen LogP contribution in [0.25, 0.3) is 10.9 Å². The van der Waals surface area contributed by atoms with Crippen molar-refractivity contribution in [1.29, 1.82) is 0 Å². The number of hydrogen-bond acceptors (Lipinski definition) is 2. The first kappa shape index (κ1) is 20.5. The Labute approximate surface area is 182 Å². The molecule has 3 aromatic rings. The third-order valence-corrected chi connectivity index (χ3v) is 6.69. The van der Waals surface area contributed by atoms with Crippen molar-refractivity contribution in [3.63, 3.8) is 0 Å². The molecule has 0 spiro atoms. The third kappa shape index (κ3) is 4.69. The van der Waals surface area contributed by atoms with Gasteiger partial charge in [0, 0.05) is 52.7 Å². The zero-order valence-electron chi connectivity index (χ0n) is 16.7. The van der Waals surface area contributed by atoms with E-state index in [-0.39, 0.29) is 5.78 Å². The van der Waals surface area contributed by atoms with Crippen LogP contribution >= 0.6 is 23.2 Å². The fourth-order valence-corrected chi connectivity index (χ4v) is 4.72. The van der Waals surface area contributed by atoms with E-state index in [2.05, 4.69) is 11.0 Å². The van der Waals surface area contributed by atoms with Gasteiger partial charge in [-0.15, -0.1) is 0 Å². The van der Waals surface area contributed by atoms with Crippen LogP contribution < -0.4 is 0 Å². The van der Waals surface area contributed by atoms with Crippen LogP contribution in [-0.4, -0.2) is 28.3 Å². The Kier molecular flexibility index (Phi) is 6.29. The van der Waals surface area contributed by atoms with E-state index in [0.29, 0.717) is 17.4 Å². The number of benzene rings is 2. The van der Waals surface area contributed by atoms with Gasteiger partial charge in [0.25, 0.3) is 0 Å². The van der Waals surface area contributed by atoms with Crippen molar-refractivity contribution in [3.05, 3.63) is 69.8 Å². The van der Waals surface area contributed by atoms with Crippen molar-refractivity contribution in [3.8, 4) is 0 Å². The Hall–Kier alpha value is -1.81. The molecule has 1 saturated heterocycles. The summed E-state index contributed by atoms with van der Waals surface area (Å²) < 4.78 is 2.01. The molecule has 2 heterocycles. The summed E-state index contributed by atoms with van der Waals surface area (Å²) in [6.45, 7) is 3.03. The van der Waals surface area contributed by atoms with Gasteiger partial charge in [-0.25, -0.2) is 0 Å². The fraction of sp³-hybridized carbons (Fsp3) is 0.375. The molecule has 1 aliphatic heterocycles. The number of carbonyl (C=O) groups is 1. The number of piperidine rings is 1. The molecule has 2 aromatic carbocycles. The minimum Gasteiger partial charge on any atom is -0.350 e. The zero-order chi connectivity index (χ0) is 20.4. The zero-order valence-corrected chi connectivity index (χ0v) is 18.2. The number of aryl methyl sites for hydroxylation is 1. The molecule has 5 heteroatoms. The normalized spacial score (nSPS) is 15.8. The smallest absolute Gasteiger partial charge is 0.165 e. The maximum Gasteiger partial charge on any atom is 0.165 e. The molecule has 0 saturated carbocycles. The summed E-state index contributed by atoms with van der Waals surface area (Å²) in [5.41, 5.74) is 3.03. The lowest BCUT2D eigenvalue weighted by Gasteiger charge is -2.32. The maximum atomic E-state index is 12.9. The second-order valence-corrected chi connectivity index (χ2v) is 8.93. The molecule has 0 bridgehead atoms. The summed E-state index contributed by atoms with van der Waals surface area (Å²) in [4.78, 5) is 15.4. The molecule has 0 atom stereocenters. The van der Waals surface area contributed by atoms with Crippen molar-refractivity contribution in [2.75, 3.05) is 13.1 Å². The molecule has 0 radical (unpaired) electrons. The summed E-state index contributed by atoms with van der Waals surface area (Å²) in [5, 5.41) is 2.47. The highest BCUT2D eigenvalue weighted by Crippen LogP contribution is 2.28. The number of halogens is 2. The van der Waals surface area contributed by atoms with Crippen LogP contribution in [0, 0.1) is 5.92 Å². The summed E-state index contributed by atoms with van der Waals surface area (Å²) in [5.74, 6) is 0.830. The molecule has 1 fully saturated rings. The van der Waals surface area contributed by atoms with E-state index in [9.17, 15) is 4.79 Å². The lowest BCUT2D eigenvalue weighted by atomic mass is 9.90. The molecule has 29 heavy (non-hydrogen) atoms. The monoisotopic (exact) mass is 428 g/mol. The molecule has 0 N–H and O–H groups in total. The van der Waals surface area contributed by atoms with Crippen molar-refractivity contribution >= 4 is 39.9 Å². The Balaban J connectivity index is 1.31. The van der Waals surface area contributed by atoms with Crippen LogP contribution in [0.5, 0.6) is 0 Å². The molecule has 1 aromatic heterocycles. The lowest BCUT2D eigenvalue weighted by molar-refractivity contribution is 0.0963. The van der Waals surface area contributed by atoms with Gasteiger partial charge in [-0.3, -0.25) is 9.69 Å². The van der Waals surface area contributed by atoms with Crippen LogP contribution in [0.1, 0.15) is 41.6 Å². The highest BCUT2D eigenvalue weighted by Gasteiger charge is 2.22. The molecule has 4 rings (SSSR count).